The van der Waals surface area contributed by atoms with Gasteiger partial charge in [0.25, 0.3) is 0 Å². The molecule has 3 aromatic carbocycles. The van der Waals surface area contributed by atoms with Crippen molar-refractivity contribution in [3.05, 3.63) is 89.7 Å². The van der Waals surface area contributed by atoms with Gasteiger partial charge in [0, 0.05) is 30.7 Å². The van der Waals surface area contributed by atoms with Crippen LogP contribution in [0.25, 0.3) is 11.1 Å². The van der Waals surface area contributed by atoms with E-state index in [1.165, 1.54) is 35.7 Å². The molecule has 0 amide bonds. The van der Waals surface area contributed by atoms with Crippen molar-refractivity contribution in [1.29, 1.82) is 0 Å². The highest BCUT2D eigenvalue weighted by Crippen LogP contribution is 2.41. The van der Waals surface area contributed by atoms with E-state index in [-0.39, 0.29) is 5.82 Å². The molecule has 3 aromatic rings. The summed E-state index contributed by atoms with van der Waals surface area (Å²) in [6, 6.07) is 24.7. The third kappa shape index (κ3) is 3.43. The first-order chi connectivity index (χ1) is 13.8. The lowest BCUT2D eigenvalue weighted by Gasteiger charge is -2.24. The van der Waals surface area contributed by atoms with Gasteiger partial charge in [-0.05, 0) is 65.9 Å². The van der Waals surface area contributed by atoms with Gasteiger partial charge in [0.2, 0.25) is 0 Å². The summed E-state index contributed by atoms with van der Waals surface area (Å²) < 4.78 is 13.7. The van der Waals surface area contributed by atoms with Gasteiger partial charge in [-0.3, -0.25) is 4.90 Å². The maximum absolute atomic E-state index is 13.7. The van der Waals surface area contributed by atoms with E-state index in [9.17, 15) is 4.39 Å². The van der Waals surface area contributed by atoms with E-state index in [2.05, 4.69) is 58.7 Å². The minimum atomic E-state index is -0.183. The number of rotatable bonds is 3. The van der Waals surface area contributed by atoms with E-state index >= 15 is 0 Å². The van der Waals surface area contributed by atoms with Crippen molar-refractivity contribution >= 4 is 5.69 Å². The largest absolute Gasteiger partial charge is 0.381 e. The summed E-state index contributed by atoms with van der Waals surface area (Å²) in [6.07, 6.45) is 2.41. The van der Waals surface area contributed by atoms with Crippen LogP contribution in [0, 0.1) is 5.82 Å². The molecular formula is C25H25FN2. The number of benzene rings is 3. The van der Waals surface area contributed by atoms with Crippen molar-refractivity contribution in [3.8, 4) is 11.1 Å². The zero-order chi connectivity index (χ0) is 18.9. The topological polar surface area (TPSA) is 15.3 Å². The fraction of sp³-hybridized carbons (Fsp3) is 0.280. The molecule has 0 unspecified atom stereocenters. The van der Waals surface area contributed by atoms with Crippen molar-refractivity contribution in [2.24, 2.45) is 0 Å². The molecule has 3 heteroatoms. The molecule has 2 aliphatic heterocycles. The van der Waals surface area contributed by atoms with Gasteiger partial charge in [0.1, 0.15) is 5.82 Å². The van der Waals surface area contributed by atoms with Crippen LogP contribution in [0.2, 0.25) is 0 Å². The molecule has 1 saturated heterocycles. The zero-order valence-electron chi connectivity index (χ0n) is 15.9. The van der Waals surface area contributed by atoms with Gasteiger partial charge in [-0.1, -0.05) is 48.5 Å². The predicted octanol–water partition coefficient (Wildman–Crippen LogP) is 5.67. The summed E-state index contributed by atoms with van der Waals surface area (Å²) in [7, 11) is 0. The highest BCUT2D eigenvalue weighted by Gasteiger charge is 2.35. The minimum absolute atomic E-state index is 0.183. The van der Waals surface area contributed by atoms with E-state index in [4.69, 9.17) is 0 Å². The van der Waals surface area contributed by atoms with Crippen LogP contribution in [0.5, 0.6) is 0 Å². The van der Waals surface area contributed by atoms with E-state index in [1.54, 1.807) is 12.1 Å². The second kappa shape index (κ2) is 7.40. The molecule has 2 atom stereocenters. The van der Waals surface area contributed by atoms with Crippen molar-refractivity contribution in [2.75, 3.05) is 18.4 Å². The average molecular weight is 372 g/mol. The third-order valence-corrected chi connectivity index (χ3v) is 6.13. The van der Waals surface area contributed by atoms with Gasteiger partial charge in [-0.2, -0.15) is 0 Å². The lowest BCUT2D eigenvalue weighted by atomic mass is 9.91. The van der Waals surface area contributed by atoms with E-state index in [0.29, 0.717) is 12.0 Å². The van der Waals surface area contributed by atoms with Crippen molar-refractivity contribution < 1.29 is 4.39 Å². The Hall–Kier alpha value is -2.65. The van der Waals surface area contributed by atoms with Crippen molar-refractivity contribution in [2.45, 2.75) is 31.3 Å². The molecule has 2 nitrogen and oxygen atoms in total. The molecule has 5 rings (SSSR count). The minimum Gasteiger partial charge on any atom is -0.381 e. The fourth-order valence-electron chi connectivity index (χ4n) is 4.75. The summed E-state index contributed by atoms with van der Waals surface area (Å²) in [4.78, 5) is 2.59. The SMILES string of the molecule is Fc1cccc(-c2ccc3c(c2)[C@@H]2CN(Cc4ccccc4)CCC[C@H]2N3)c1. The molecule has 0 spiro atoms. The molecule has 0 radical (unpaired) electrons. The van der Waals surface area contributed by atoms with Crippen LogP contribution in [0.4, 0.5) is 10.1 Å². The quantitative estimate of drug-likeness (QED) is 0.637. The Morgan fingerprint density at radius 1 is 0.929 bits per heavy atom. The molecule has 142 valence electrons. The summed E-state index contributed by atoms with van der Waals surface area (Å²) >= 11 is 0. The van der Waals surface area contributed by atoms with Crippen LogP contribution >= 0.6 is 0 Å². The highest BCUT2D eigenvalue weighted by molar-refractivity contribution is 5.71. The number of hydrogen-bond donors (Lipinski definition) is 1. The van der Waals surface area contributed by atoms with E-state index < -0.39 is 0 Å². The summed E-state index contributed by atoms with van der Waals surface area (Å²) in [5, 5.41) is 3.75. The summed E-state index contributed by atoms with van der Waals surface area (Å²) in [5.41, 5.74) is 6.05. The van der Waals surface area contributed by atoms with Gasteiger partial charge in [-0.15, -0.1) is 0 Å². The van der Waals surface area contributed by atoms with Crippen LogP contribution in [0.3, 0.4) is 0 Å². The lowest BCUT2D eigenvalue weighted by Crippen LogP contribution is -2.29. The molecule has 0 aliphatic carbocycles. The summed E-state index contributed by atoms with van der Waals surface area (Å²) in [6.45, 7) is 3.21. The Bertz CT molecular complexity index is 969. The number of halogens is 1. The smallest absolute Gasteiger partial charge is 0.123 e. The molecular weight excluding hydrogens is 347 g/mol. The molecule has 2 heterocycles. The molecule has 2 aliphatic rings. The number of anilines is 1. The maximum Gasteiger partial charge on any atom is 0.123 e. The number of hydrogen-bond acceptors (Lipinski definition) is 2. The maximum atomic E-state index is 13.7. The van der Waals surface area contributed by atoms with Crippen LogP contribution in [0.1, 0.15) is 29.9 Å². The molecule has 28 heavy (non-hydrogen) atoms. The summed E-state index contributed by atoms with van der Waals surface area (Å²) in [5.74, 6) is 0.298. The Kier molecular flexibility index (Phi) is 4.61. The Balaban J connectivity index is 1.43. The molecule has 0 aromatic heterocycles. The second-order valence-corrected chi connectivity index (χ2v) is 8.03. The standard InChI is InChI=1S/C25H25FN2/c26-21-9-4-8-19(14-21)20-11-12-25-22(15-20)23-17-28(13-5-10-24(23)27-25)16-18-6-2-1-3-7-18/h1-4,6-9,11-12,14-15,23-24,27H,5,10,13,16-17H2/t23-,24+/m0/s1. The second-order valence-electron chi connectivity index (χ2n) is 8.03. The van der Waals surface area contributed by atoms with Gasteiger partial charge in [0.15, 0.2) is 0 Å². The normalized spacial score (nSPS) is 21.5. The number of fused-ring (bicyclic) bond motifs is 3. The van der Waals surface area contributed by atoms with E-state index in [1.807, 2.05) is 6.07 Å². The lowest BCUT2D eigenvalue weighted by molar-refractivity contribution is 0.264. The van der Waals surface area contributed by atoms with Crippen molar-refractivity contribution in [3.63, 3.8) is 0 Å². The molecule has 1 fully saturated rings. The highest BCUT2D eigenvalue weighted by atomic mass is 19.1. The Labute approximate surface area is 166 Å². The van der Waals surface area contributed by atoms with Crippen LogP contribution in [-0.4, -0.2) is 24.0 Å². The van der Waals surface area contributed by atoms with Crippen molar-refractivity contribution in [1.82, 2.24) is 4.90 Å². The average Bonchev–Trinajstić information content (AvgIpc) is 2.92. The van der Waals surface area contributed by atoms with Crippen LogP contribution in [0.15, 0.2) is 72.8 Å². The predicted molar refractivity (Wildman–Crippen MR) is 113 cm³/mol. The van der Waals surface area contributed by atoms with Gasteiger partial charge in [0.05, 0.1) is 0 Å². The van der Waals surface area contributed by atoms with Gasteiger partial charge >= 0.3 is 0 Å². The number of nitrogens with one attached hydrogen (secondary N) is 1. The molecule has 0 bridgehead atoms. The molecule has 1 N–H and O–H groups in total. The number of nitrogens with zero attached hydrogens (tertiary/aromatic N) is 1. The van der Waals surface area contributed by atoms with Crippen LogP contribution < -0.4 is 5.32 Å². The van der Waals surface area contributed by atoms with Gasteiger partial charge < -0.3 is 5.32 Å². The monoisotopic (exact) mass is 372 g/mol. The third-order valence-electron chi connectivity index (χ3n) is 6.13. The first kappa shape index (κ1) is 17.4. The Morgan fingerprint density at radius 2 is 1.79 bits per heavy atom. The first-order valence-corrected chi connectivity index (χ1v) is 10.2. The zero-order valence-corrected chi connectivity index (χ0v) is 15.9. The fourth-order valence-corrected chi connectivity index (χ4v) is 4.75. The van der Waals surface area contributed by atoms with Gasteiger partial charge in [-0.25, -0.2) is 4.39 Å². The number of likely N-dealkylation sites (tertiary alicyclic amines) is 1. The molecule has 0 saturated carbocycles. The van der Waals surface area contributed by atoms with Crippen LogP contribution in [-0.2, 0) is 6.54 Å². The Morgan fingerprint density at radius 3 is 2.64 bits per heavy atom. The van der Waals surface area contributed by atoms with E-state index in [0.717, 1.165) is 30.8 Å². The first-order valence-electron chi connectivity index (χ1n) is 10.2.